The van der Waals surface area contributed by atoms with E-state index in [0.29, 0.717) is 0 Å². The summed E-state index contributed by atoms with van der Waals surface area (Å²) in [5, 5.41) is 7.81. The SMILES string of the molecule is C=NNc1ccc(-c2cnn(C)c2)cc1C. The monoisotopic (exact) mass is 214 g/mol. The zero-order valence-electron chi connectivity index (χ0n) is 9.44. The number of anilines is 1. The van der Waals surface area contributed by atoms with Crippen LogP contribution in [0, 0.1) is 6.92 Å². The first kappa shape index (κ1) is 10.4. The molecular weight excluding hydrogens is 200 g/mol. The van der Waals surface area contributed by atoms with Gasteiger partial charge in [-0.3, -0.25) is 10.1 Å². The standard InChI is InChI=1S/C12H14N4/c1-9-6-10(4-5-12(9)15-13-2)11-7-14-16(3)8-11/h4-8,15H,2H2,1,3H3. The summed E-state index contributed by atoms with van der Waals surface area (Å²) in [6.07, 6.45) is 3.85. The van der Waals surface area contributed by atoms with Crippen molar-refractivity contribution in [2.75, 3.05) is 5.43 Å². The third-order valence-corrected chi connectivity index (χ3v) is 2.46. The molecule has 1 N–H and O–H groups in total. The third kappa shape index (κ3) is 1.95. The van der Waals surface area contributed by atoms with Gasteiger partial charge in [0.2, 0.25) is 0 Å². The molecule has 0 aliphatic rings. The zero-order valence-corrected chi connectivity index (χ0v) is 9.44. The van der Waals surface area contributed by atoms with E-state index in [1.165, 1.54) is 0 Å². The Balaban J connectivity index is 2.37. The number of hydrogen-bond donors (Lipinski definition) is 1. The predicted molar refractivity (Wildman–Crippen MR) is 66.6 cm³/mol. The van der Waals surface area contributed by atoms with Crippen LogP contribution in [0.25, 0.3) is 11.1 Å². The number of nitrogens with zero attached hydrogens (tertiary/aromatic N) is 3. The van der Waals surface area contributed by atoms with Crippen molar-refractivity contribution in [2.45, 2.75) is 6.92 Å². The van der Waals surface area contributed by atoms with Crippen LogP contribution in [0.3, 0.4) is 0 Å². The minimum absolute atomic E-state index is 0.975. The van der Waals surface area contributed by atoms with Crippen LogP contribution >= 0.6 is 0 Å². The number of aromatic nitrogens is 2. The molecule has 0 aliphatic heterocycles. The first-order valence-electron chi connectivity index (χ1n) is 5.02. The number of rotatable bonds is 3. The van der Waals surface area contributed by atoms with Gasteiger partial charge >= 0.3 is 0 Å². The molecule has 1 heterocycles. The minimum atomic E-state index is 0.975. The molecule has 0 saturated carbocycles. The normalized spacial score (nSPS) is 10.1. The van der Waals surface area contributed by atoms with Crippen LogP contribution in [-0.2, 0) is 7.05 Å². The van der Waals surface area contributed by atoms with E-state index in [9.17, 15) is 0 Å². The highest BCUT2D eigenvalue weighted by Gasteiger charge is 2.03. The van der Waals surface area contributed by atoms with Gasteiger partial charge in [-0.1, -0.05) is 6.07 Å². The second-order valence-corrected chi connectivity index (χ2v) is 3.70. The molecule has 0 aliphatic carbocycles. The Morgan fingerprint density at radius 2 is 2.19 bits per heavy atom. The van der Waals surface area contributed by atoms with Gasteiger partial charge in [-0.2, -0.15) is 10.2 Å². The molecule has 4 heteroatoms. The van der Waals surface area contributed by atoms with Crippen LogP contribution in [0.5, 0.6) is 0 Å². The number of hydrazone groups is 1. The van der Waals surface area contributed by atoms with Crippen LogP contribution in [0.15, 0.2) is 35.7 Å². The summed E-state index contributed by atoms with van der Waals surface area (Å²) in [5.74, 6) is 0. The minimum Gasteiger partial charge on any atom is -0.279 e. The van der Waals surface area contributed by atoms with Gasteiger partial charge in [-0.15, -0.1) is 0 Å². The summed E-state index contributed by atoms with van der Waals surface area (Å²) < 4.78 is 1.79. The summed E-state index contributed by atoms with van der Waals surface area (Å²) in [7, 11) is 1.91. The van der Waals surface area contributed by atoms with E-state index in [1.54, 1.807) is 4.68 Å². The average Bonchev–Trinajstić information content (AvgIpc) is 2.68. The first-order valence-corrected chi connectivity index (χ1v) is 5.02. The number of benzene rings is 1. The summed E-state index contributed by atoms with van der Waals surface area (Å²) in [6, 6.07) is 6.13. The maximum absolute atomic E-state index is 4.15. The predicted octanol–water partition coefficient (Wildman–Crippen LogP) is 2.42. The maximum atomic E-state index is 4.15. The van der Waals surface area contributed by atoms with Crippen molar-refractivity contribution < 1.29 is 0 Å². The number of aryl methyl sites for hydroxylation is 2. The van der Waals surface area contributed by atoms with Gasteiger partial charge < -0.3 is 0 Å². The second-order valence-electron chi connectivity index (χ2n) is 3.70. The fourth-order valence-electron chi connectivity index (χ4n) is 1.62. The average molecular weight is 214 g/mol. The molecule has 0 fully saturated rings. The zero-order chi connectivity index (χ0) is 11.5. The van der Waals surface area contributed by atoms with E-state index >= 15 is 0 Å². The molecule has 2 rings (SSSR count). The highest BCUT2D eigenvalue weighted by atomic mass is 15.3. The Morgan fingerprint density at radius 1 is 1.38 bits per heavy atom. The first-order chi connectivity index (χ1) is 7.70. The largest absolute Gasteiger partial charge is 0.279 e. The molecule has 1 aromatic carbocycles. The lowest BCUT2D eigenvalue weighted by Gasteiger charge is -2.06. The maximum Gasteiger partial charge on any atom is 0.0591 e. The molecular formula is C12H14N4. The van der Waals surface area contributed by atoms with Crippen LogP contribution < -0.4 is 5.43 Å². The van der Waals surface area contributed by atoms with Gasteiger partial charge in [0.15, 0.2) is 0 Å². The Morgan fingerprint density at radius 3 is 2.75 bits per heavy atom. The third-order valence-electron chi connectivity index (χ3n) is 2.46. The van der Waals surface area contributed by atoms with Crippen molar-refractivity contribution in [3.05, 3.63) is 36.2 Å². The van der Waals surface area contributed by atoms with Crippen LogP contribution in [0.1, 0.15) is 5.56 Å². The van der Waals surface area contributed by atoms with E-state index in [0.717, 1.165) is 22.4 Å². The van der Waals surface area contributed by atoms with Gasteiger partial charge in [-0.05, 0) is 30.2 Å². The van der Waals surface area contributed by atoms with Gasteiger partial charge in [0.1, 0.15) is 0 Å². The smallest absolute Gasteiger partial charge is 0.0591 e. The molecule has 0 saturated heterocycles. The Labute approximate surface area is 94.6 Å². The lowest BCUT2D eigenvalue weighted by atomic mass is 10.1. The summed E-state index contributed by atoms with van der Waals surface area (Å²) in [4.78, 5) is 0. The Hall–Kier alpha value is -2.10. The van der Waals surface area contributed by atoms with Crippen molar-refractivity contribution in [1.29, 1.82) is 0 Å². The van der Waals surface area contributed by atoms with Crippen molar-refractivity contribution in [1.82, 2.24) is 9.78 Å². The molecule has 4 nitrogen and oxygen atoms in total. The molecule has 1 aromatic heterocycles. The molecule has 0 radical (unpaired) electrons. The lowest BCUT2D eigenvalue weighted by molar-refractivity contribution is 0.768. The number of hydrogen-bond acceptors (Lipinski definition) is 3. The van der Waals surface area contributed by atoms with Gasteiger partial charge in [-0.25, -0.2) is 0 Å². The van der Waals surface area contributed by atoms with Crippen LogP contribution in [-0.4, -0.2) is 16.5 Å². The lowest BCUT2D eigenvalue weighted by Crippen LogP contribution is -1.90. The van der Waals surface area contributed by atoms with Crippen molar-refractivity contribution in [3.63, 3.8) is 0 Å². The summed E-state index contributed by atoms with van der Waals surface area (Å²) >= 11 is 0. The van der Waals surface area contributed by atoms with Crippen LogP contribution in [0.2, 0.25) is 0 Å². The van der Waals surface area contributed by atoms with Crippen molar-refractivity contribution in [2.24, 2.45) is 12.1 Å². The molecule has 0 atom stereocenters. The molecule has 0 bridgehead atoms. The summed E-state index contributed by atoms with van der Waals surface area (Å²) in [6.45, 7) is 5.44. The van der Waals surface area contributed by atoms with E-state index < -0.39 is 0 Å². The van der Waals surface area contributed by atoms with E-state index in [1.807, 2.05) is 38.5 Å². The highest BCUT2D eigenvalue weighted by molar-refractivity contribution is 5.67. The van der Waals surface area contributed by atoms with E-state index in [-0.39, 0.29) is 0 Å². The molecule has 16 heavy (non-hydrogen) atoms. The van der Waals surface area contributed by atoms with Crippen molar-refractivity contribution >= 4 is 12.4 Å². The molecule has 82 valence electrons. The second kappa shape index (κ2) is 4.18. The number of nitrogens with one attached hydrogen (secondary N) is 1. The highest BCUT2D eigenvalue weighted by Crippen LogP contribution is 2.24. The van der Waals surface area contributed by atoms with Crippen LogP contribution in [0.4, 0.5) is 5.69 Å². The van der Waals surface area contributed by atoms with E-state index in [4.69, 9.17) is 0 Å². The van der Waals surface area contributed by atoms with E-state index in [2.05, 4.69) is 28.4 Å². The fourth-order valence-corrected chi connectivity index (χ4v) is 1.62. The molecule has 0 unspecified atom stereocenters. The Bertz CT molecular complexity index is 513. The fraction of sp³-hybridized carbons (Fsp3) is 0.167. The van der Waals surface area contributed by atoms with Crippen molar-refractivity contribution in [3.8, 4) is 11.1 Å². The van der Waals surface area contributed by atoms with Gasteiger partial charge in [0, 0.05) is 25.5 Å². The van der Waals surface area contributed by atoms with Gasteiger partial charge in [0.05, 0.1) is 11.9 Å². The topological polar surface area (TPSA) is 42.2 Å². The van der Waals surface area contributed by atoms with Gasteiger partial charge in [0.25, 0.3) is 0 Å². The molecule has 2 aromatic rings. The molecule has 0 amide bonds. The Kier molecular flexibility index (Phi) is 2.72. The molecule has 0 spiro atoms. The summed E-state index contributed by atoms with van der Waals surface area (Å²) in [5.41, 5.74) is 7.23. The quantitative estimate of drug-likeness (QED) is 0.629.